The Hall–Kier alpha value is -1.97. The molecule has 21 heavy (non-hydrogen) atoms. The first kappa shape index (κ1) is 14.0. The van der Waals surface area contributed by atoms with Crippen LogP contribution in [0.3, 0.4) is 0 Å². The molecule has 1 nitrogen and oxygen atoms in total. The summed E-state index contributed by atoms with van der Waals surface area (Å²) in [7, 11) is 0. The van der Waals surface area contributed by atoms with Crippen LogP contribution in [0.5, 0.6) is 0 Å². The molecule has 0 aromatic heterocycles. The quantitative estimate of drug-likeness (QED) is 0.803. The lowest BCUT2D eigenvalue weighted by atomic mass is 9.74. The van der Waals surface area contributed by atoms with Crippen molar-refractivity contribution < 1.29 is 13.2 Å². The minimum absolute atomic E-state index is 0.0298. The topological polar surface area (TPSA) is 12.0 Å². The highest BCUT2D eigenvalue weighted by atomic mass is 19.2. The predicted octanol–water partition coefficient (Wildman–Crippen LogP) is 4.77. The maximum Gasteiger partial charge on any atom is 0.161 e. The average molecular weight is 291 g/mol. The largest absolute Gasteiger partial charge is 0.380 e. The van der Waals surface area contributed by atoms with Crippen molar-refractivity contribution in [3.63, 3.8) is 0 Å². The van der Waals surface area contributed by atoms with Gasteiger partial charge in [-0.1, -0.05) is 24.3 Å². The van der Waals surface area contributed by atoms with E-state index >= 15 is 0 Å². The molecule has 1 saturated carbocycles. The summed E-state index contributed by atoms with van der Waals surface area (Å²) in [6.45, 7) is 2.07. The fourth-order valence-electron chi connectivity index (χ4n) is 2.89. The van der Waals surface area contributed by atoms with Crippen LogP contribution in [-0.4, -0.2) is 6.04 Å². The molecule has 1 aliphatic rings. The Balaban J connectivity index is 1.65. The van der Waals surface area contributed by atoms with Crippen LogP contribution in [0.4, 0.5) is 18.9 Å². The van der Waals surface area contributed by atoms with E-state index < -0.39 is 17.5 Å². The predicted molar refractivity (Wildman–Crippen MR) is 76.9 cm³/mol. The molecule has 0 unspecified atom stereocenters. The molecule has 0 bridgehead atoms. The lowest BCUT2D eigenvalue weighted by molar-refractivity contribution is 0.371. The van der Waals surface area contributed by atoms with Crippen LogP contribution in [0.15, 0.2) is 36.4 Å². The monoisotopic (exact) mass is 291 g/mol. The summed E-state index contributed by atoms with van der Waals surface area (Å²) in [5, 5.41) is 2.95. The zero-order chi connectivity index (χ0) is 15.0. The van der Waals surface area contributed by atoms with Crippen LogP contribution in [0, 0.1) is 24.4 Å². The van der Waals surface area contributed by atoms with Crippen LogP contribution in [-0.2, 0) is 0 Å². The number of hydrogen-bond acceptors (Lipinski definition) is 1. The Bertz CT molecular complexity index is 663. The maximum atomic E-state index is 13.6. The van der Waals surface area contributed by atoms with Gasteiger partial charge in [-0.25, -0.2) is 13.2 Å². The summed E-state index contributed by atoms with van der Waals surface area (Å²) in [5.41, 5.74) is 2.59. The zero-order valence-corrected chi connectivity index (χ0v) is 11.7. The highest BCUT2D eigenvalue weighted by Gasteiger charge is 2.31. The molecular weight excluding hydrogens is 275 g/mol. The Morgan fingerprint density at radius 1 is 0.952 bits per heavy atom. The van der Waals surface area contributed by atoms with Crippen molar-refractivity contribution in [3.05, 3.63) is 65.0 Å². The lowest BCUT2D eigenvalue weighted by Gasteiger charge is -2.37. The van der Waals surface area contributed by atoms with Gasteiger partial charge in [0.1, 0.15) is 5.82 Å². The Kier molecular flexibility index (Phi) is 3.62. The zero-order valence-electron chi connectivity index (χ0n) is 11.7. The number of benzene rings is 2. The van der Waals surface area contributed by atoms with E-state index in [1.807, 2.05) is 12.1 Å². The van der Waals surface area contributed by atoms with E-state index in [0.717, 1.165) is 18.9 Å². The Labute approximate surface area is 121 Å². The van der Waals surface area contributed by atoms with Crippen molar-refractivity contribution in [2.24, 2.45) is 0 Å². The van der Waals surface area contributed by atoms with E-state index in [-0.39, 0.29) is 11.7 Å². The van der Waals surface area contributed by atoms with Crippen molar-refractivity contribution in [1.82, 2.24) is 0 Å². The van der Waals surface area contributed by atoms with Gasteiger partial charge in [0.2, 0.25) is 0 Å². The van der Waals surface area contributed by atoms with E-state index in [2.05, 4.69) is 24.4 Å². The van der Waals surface area contributed by atoms with E-state index in [1.54, 1.807) is 0 Å². The first-order chi connectivity index (χ1) is 10.0. The van der Waals surface area contributed by atoms with E-state index in [0.29, 0.717) is 12.0 Å². The SMILES string of the molecule is Cc1ccccc1C1CC(Nc2cc(F)c(F)cc2F)C1. The standard InChI is InChI=1S/C17H16F3N/c1-10-4-2-3-5-13(10)11-6-12(7-11)21-17-9-15(19)14(18)8-16(17)20/h2-5,8-9,11-12,21H,6-7H2,1H3. The van der Waals surface area contributed by atoms with E-state index in [1.165, 1.54) is 11.1 Å². The van der Waals surface area contributed by atoms with Crippen LogP contribution in [0.1, 0.15) is 29.9 Å². The molecule has 2 aromatic carbocycles. The van der Waals surface area contributed by atoms with Crippen LogP contribution < -0.4 is 5.32 Å². The third kappa shape index (κ3) is 2.75. The van der Waals surface area contributed by atoms with Crippen LogP contribution >= 0.6 is 0 Å². The molecular formula is C17H16F3N. The number of nitrogens with one attached hydrogen (secondary N) is 1. The van der Waals surface area contributed by atoms with Gasteiger partial charge in [0.25, 0.3) is 0 Å². The second-order valence-corrected chi connectivity index (χ2v) is 5.61. The second-order valence-electron chi connectivity index (χ2n) is 5.61. The summed E-state index contributed by atoms with van der Waals surface area (Å²) in [6.07, 6.45) is 1.73. The highest BCUT2D eigenvalue weighted by molar-refractivity contribution is 5.47. The van der Waals surface area contributed by atoms with E-state index in [9.17, 15) is 13.2 Å². The van der Waals surface area contributed by atoms with E-state index in [4.69, 9.17) is 0 Å². The summed E-state index contributed by atoms with van der Waals surface area (Å²) in [5.74, 6) is -2.51. The highest BCUT2D eigenvalue weighted by Crippen LogP contribution is 2.40. The molecule has 0 aliphatic heterocycles. The van der Waals surface area contributed by atoms with Crippen LogP contribution in [0.25, 0.3) is 0 Å². The average Bonchev–Trinajstić information content (AvgIpc) is 2.40. The molecule has 110 valence electrons. The minimum atomic E-state index is -1.16. The fourth-order valence-corrected chi connectivity index (χ4v) is 2.89. The number of aryl methyl sites for hydroxylation is 1. The normalized spacial score (nSPS) is 21.0. The molecule has 0 heterocycles. The van der Waals surface area contributed by atoms with Gasteiger partial charge in [-0.3, -0.25) is 0 Å². The van der Waals surface area contributed by atoms with Crippen molar-refractivity contribution in [2.45, 2.75) is 31.7 Å². The van der Waals surface area contributed by atoms with Gasteiger partial charge in [0.05, 0.1) is 5.69 Å². The van der Waals surface area contributed by atoms with Crippen molar-refractivity contribution in [2.75, 3.05) is 5.32 Å². The molecule has 2 aromatic rings. The molecule has 0 spiro atoms. The number of halogens is 3. The molecule has 0 amide bonds. The van der Waals surface area contributed by atoms with Gasteiger partial charge in [0.15, 0.2) is 11.6 Å². The minimum Gasteiger partial charge on any atom is -0.380 e. The number of hydrogen-bond donors (Lipinski definition) is 1. The van der Waals surface area contributed by atoms with Gasteiger partial charge in [-0.2, -0.15) is 0 Å². The maximum absolute atomic E-state index is 13.6. The summed E-state index contributed by atoms with van der Waals surface area (Å²) < 4.78 is 39.6. The smallest absolute Gasteiger partial charge is 0.161 e. The fraction of sp³-hybridized carbons (Fsp3) is 0.294. The van der Waals surface area contributed by atoms with Gasteiger partial charge in [-0.15, -0.1) is 0 Å². The lowest BCUT2D eigenvalue weighted by Crippen LogP contribution is -2.34. The second kappa shape index (κ2) is 5.43. The van der Waals surface area contributed by atoms with Gasteiger partial charge in [-0.05, 0) is 36.8 Å². The van der Waals surface area contributed by atoms with Gasteiger partial charge >= 0.3 is 0 Å². The molecule has 4 heteroatoms. The molecule has 1 aliphatic carbocycles. The molecule has 0 radical (unpaired) electrons. The number of anilines is 1. The summed E-state index contributed by atoms with van der Waals surface area (Å²) in [6, 6.07) is 9.75. The summed E-state index contributed by atoms with van der Waals surface area (Å²) in [4.78, 5) is 0. The molecule has 0 atom stereocenters. The Morgan fingerprint density at radius 2 is 1.62 bits per heavy atom. The Morgan fingerprint density at radius 3 is 2.33 bits per heavy atom. The van der Waals surface area contributed by atoms with Gasteiger partial charge in [0, 0.05) is 18.2 Å². The van der Waals surface area contributed by atoms with Gasteiger partial charge < -0.3 is 5.32 Å². The summed E-state index contributed by atoms with van der Waals surface area (Å²) >= 11 is 0. The van der Waals surface area contributed by atoms with Crippen molar-refractivity contribution in [1.29, 1.82) is 0 Å². The molecule has 1 N–H and O–H groups in total. The van der Waals surface area contributed by atoms with Crippen molar-refractivity contribution >= 4 is 5.69 Å². The van der Waals surface area contributed by atoms with Crippen molar-refractivity contribution in [3.8, 4) is 0 Å². The first-order valence-corrected chi connectivity index (χ1v) is 7.01. The van der Waals surface area contributed by atoms with Crippen LogP contribution in [0.2, 0.25) is 0 Å². The number of rotatable bonds is 3. The molecule has 1 fully saturated rings. The first-order valence-electron chi connectivity index (χ1n) is 7.01. The third-order valence-electron chi connectivity index (χ3n) is 4.14. The molecule has 3 rings (SSSR count). The molecule has 0 saturated heterocycles. The third-order valence-corrected chi connectivity index (χ3v) is 4.14.